The standard InChI is InChI=1S/C18H15FO4/c1-23-17(22)18(15(20)11-6-8-13(19)9-7-11)10-12-4-2-3-5-14(12)16(18)21/h2-9,16,21H,10H2,1H3/t16-,18+/m1/s1. The van der Waals surface area contributed by atoms with Crippen LogP contribution in [0.1, 0.15) is 27.6 Å². The SMILES string of the molecule is COC(=O)[C@]1(C(=O)c2ccc(F)cc2)Cc2ccccc2[C@H]1O. The van der Waals surface area contributed by atoms with Gasteiger partial charge in [0.2, 0.25) is 0 Å². The summed E-state index contributed by atoms with van der Waals surface area (Å²) in [6.07, 6.45) is -1.25. The molecule has 0 heterocycles. The van der Waals surface area contributed by atoms with Gasteiger partial charge in [-0.1, -0.05) is 24.3 Å². The Labute approximate surface area is 132 Å². The average Bonchev–Trinajstić information content (AvgIpc) is 2.88. The minimum atomic E-state index is -1.74. The number of rotatable bonds is 3. The van der Waals surface area contributed by atoms with Gasteiger partial charge in [-0.3, -0.25) is 9.59 Å². The zero-order valence-electron chi connectivity index (χ0n) is 12.5. The zero-order valence-corrected chi connectivity index (χ0v) is 12.5. The molecule has 23 heavy (non-hydrogen) atoms. The fraction of sp³-hybridized carbons (Fsp3) is 0.222. The molecular formula is C18H15FO4. The average molecular weight is 314 g/mol. The van der Waals surface area contributed by atoms with E-state index in [2.05, 4.69) is 0 Å². The minimum absolute atomic E-state index is 0.0488. The number of Topliss-reactive ketones (excluding diaryl/α,β-unsaturated/α-hetero) is 1. The lowest BCUT2D eigenvalue weighted by atomic mass is 9.75. The quantitative estimate of drug-likeness (QED) is 0.537. The normalized spacial score (nSPS) is 22.5. The van der Waals surface area contributed by atoms with E-state index < -0.39 is 29.1 Å². The number of ketones is 1. The molecule has 0 unspecified atom stereocenters. The van der Waals surface area contributed by atoms with Crippen LogP contribution in [0.4, 0.5) is 4.39 Å². The van der Waals surface area contributed by atoms with Crippen LogP contribution in [-0.4, -0.2) is 24.0 Å². The number of hydrogen-bond donors (Lipinski definition) is 1. The molecule has 1 aliphatic rings. The van der Waals surface area contributed by atoms with Gasteiger partial charge in [0.15, 0.2) is 11.2 Å². The van der Waals surface area contributed by atoms with Crippen molar-refractivity contribution in [2.75, 3.05) is 7.11 Å². The molecule has 5 heteroatoms. The molecule has 1 aliphatic carbocycles. The van der Waals surface area contributed by atoms with Crippen LogP contribution in [0.2, 0.25) is 0 Å². The highest BCUT2D eigenvalue weighted by molar-refractivity contribution is 6.14. The number of halogens is 1. The minimum Gasteiger partial charge on any atom is -0.468 e. The van der Waals surface area contributed by atoms with Gasteiger partial charge in [-0.15, -0.1) is 0 Å². The van der Waals surface area contributed by atoms with Crippen LogP contribution < -0.4 is 0 Å². The molecule has 2 atom stereocenters. The number of benzene rings is 2. The van der Waals surface area contributed by atoms with E-state index in [1.807, 2.05) is 0 Å². The van der Waals surface area contributed by atoms with Crippen molar-refractivity contribution < 1.29 is 23.8 Å². The number of carbonyl (C=O) groups excluding carboxylic acids is 2. The first-order valence-corrected chi connectivity index (χ1v) is 7.15. The summed E-state index contributed by atoms with van der Waals surface area (Å²) in [7, 11) is 1.18. The maximum Gasteiger partial charge on any atom is 0.323 e. The van der Waals surface area contributed by atoms with Crippen molar-refractivity contribution in [3.8, 4) is 0 Å². The zero-order chi connectivity index (χ0) is 16.6. The number of fused-ring (bicyclic) bond motifs is 1. The molecule has 0 radical (unpaired) electrons. The highest BCUT2D eigenvalue weighted by atomic mass is 19.1. The van der Waals surface area contributed by atoms with Crippen molar-refractivity contribution in [1.82, 2.24) is 0 Å². The second kappa shape index (κ2) is 5.59. The molecule has 0 saturated heterocycles. The Morgan fingerprint density at radius 1 is 1.17 bits per heavy atom. The molecule has 4 nitrogen and oxygen atoms in total. The number of methoxy groups -OCH3 is 1. The second-order valence-electron chi connectivity index (χ2n) is 5.58. The van der Waals surface area contributed by atoms with Crippen molar-refractivity contribution in [1.29, 1.82) is 0 Å². The molecule has 118 valence electrons. The van der Waals surface area contributed by atoms with Gasteiger partial charge in [-0.2, -0.15) is 0 Å². The maximum absolute atomic E-state index is 13.1. The lowest BCUT2D eigenvalue weighted by Gasteiger charge is -2.28. The Hall–Kier alpha value is -2.53. The Balaban J connectivity index is 2.11. The van der Waals surface area contributed by atoms with E-state index in [4.69, 9.17) is 4.74 Å². The molecule has 2 aromatic rings. The van der Waals surface area contributed by atoms with Crippen molar-refractivity contribution in [2.24, 2.45) is 5.41 Å². The molecule has 2 aromatic carbocycles. The molecular weight excluding hydrogens is 299 g/mol. The van der Waals surface area contributed by atoms with Gasteiger partial charge < -0.3 is 9.84 Å². The summed E-state index contributed by atoms with van der Waals surface area (Å²) in [6.45, 7) is 0. The maximum atomic E-state index is 13.1. The fourth-order valence-electron chi connectivity index (χ4n) is 3.15. The number of esters is 1. The van der Waals surface area contributed by atoms with E-state index in [0.717, 1.165) is 17.7 Å². The molecule has 0 aromatic heterocycles. The third kappa shape index (κ3) is 2.24. The van der Waals surface area contributed by atoms with Crippen LogP contribution in [0.5, 0.6) is 0 Å². The van der Waals surface area contributed by atoms with Crippen molar-refractivity contribution >= 4 is 11.8 Å². The molecule has 1 N–H and O–H groups in total. The summed E-state index contributed by atoms with van der Waals surface area (Å²) in [4.78, 5) is 25.4. The Morgan fingerprint density at radius 3 is 2.43 bits per heavy atom. The summed E-state index contributed by atoms with van der Waals surface area (Å²) >= 11 is 0. The Bertz CT molecular complexity index is 769. The largest absolute Gasteiger partial charge is 0.468 e. The van der Waals surface area contributed by atoms with E-state index in [9.17, 15) is 19.1 Å². The number of aliphatic hydroxyl groups excluding tert-OH is 1. The van der Waals surface area contributed by atoms with Crippen LogP contribution >= 0.6 is 0 Å². The van der Waals surface area contributed by atoms with Gasteiger partial charge in [0.25, 0.3) is 0 Å². The van der Waals surface area contributed by atoms with Gasteiger partial charge >= 0.3 is 5.97 Å². The molecule has 0 bridgehead atoms. The van der Waals surface area contributed by atoms with Gasteiger partial charge in [0.05, 0.1) is 7.11 Å². The van der Waals surface area contributed by atoms with Crippen LogP contribution in [0, 0.1) is 11.2 Å². The molecule has 0 spiro atoms. The fourth-order valence-corrected chi connectivity index (χ4v) is 3.15. The first kappa shape index (κ1) is 15.4. The predicted octanol–water partition coefficient (Wildman–Crippen LogP) is 2.46. The van der Waals surface area contributed by atoms with E-state index in [0.29, 0.717) is 5.56 Å². The van der Waals surface area contributed by atoms with E-state index in [-0.39, 0.29) is 12.0 Å². The molecule has 0 amide bonds. The summed E-state index contributed by atoms with van der Waals surface area (Å²) in [6, 6.07) is 11.9. The van der Waals surface area contributed by atoms with Gasteiger partial charge in [-0.05, 0) is 41.8 Å². The van der Waals surface area contributed by atoms with Gasteiger partial charge in [0, 0.05) is 5.56 Å². The third-order valence-electron chi connectivity index (χ3n) is 4.35. The van der Waals surface area contributed by atoms with Crippen LogP contribution in [0.3, 0.4) is 0 Å². The van der Waals surface area contributed by atoms with Crippen LogP contribution in [-0.2, 0) is 16.0 Å². The van der Waals surface area contributed by atoms with Crippen LogP contribution in [0.25, 0.3) is 0 Å². The molecule has 0 saturated carbocycles. The Kier molecular flexibility index (Phi) is 3.74. The molecule has 0 fully saturated rings. The smallest absolute Gasteiger partial charge is 0.323 e. The Morgan fingerprint density at radius 2 is 1.83 bits per heavy atom. The summed E-state index contributed by atoms with van der Waals surface area (Å²) in [5.41, 5.74) is -0.325. The van der Waals surface area contributed by atoms with Crippen molar-refractivity contribution in [3.63, 3.8) is 0 Å². The van der Waals surface area contributed by atoms with Gasteiger partial charge in [-0.25, -0.2) is 4.39 Å². The summed E-state index contributed by atoms with van der Waals surface area (Å²) in [5.74, 6) is -1.85. The van der Waals surface area contributed by atoms with Crippen molar-refractivity contribution in [2.45, 2.75) is 12.5 Å². The highest BCUT2D eigenvalue weighted by Crippen LogP contribution is 2.48. The number of carbonyl (C=O) groups is 2. The van der Waals surface area contributed by atoms with E-state index >= 15 is 0 Å². The van der Waals surface area contributed by atoms with E-state index in [1.54, 1.807) is 24.3 Å². The number of ether oxygens (including phenoxy) is 1. The predicted molar refractivity (Wildman–Crippen MR) is 80.3 cm³/mol. The third-order valence-corrected chi connectivity index (χ3v) is 4.35. The van der Waals surface area contributed by atoms with Crippen LogP contribution in [0.15, 0.2) is 48.5 Å². The van der Waals surface area contributed by atoms with Crippen molar-refractivity contribution in [3.05, 3.63) is 71.0 Å². The monoisotopic (exact) mass is 314 g/mol. The van der Waals surface area contributed by atoms with E-state index in [1.165, 1.54) is 19.2 Å². The highest BCUT2D eigenvalue weighted by Gasteiger charge is 2.57. The first-order valence-electron chi connectivity index (χ1n) is 7.15. The van der Waals surface area contributed by atoms with Gasteiger partial charge in [0.1, 0.15) is 11.9 Å². The first-order chi connectivity index (χ1) is 11.0. The second-order valence-corrected chi connectivity index (χ2v) is 5.58. The summed E-state index contributed by atoms with van der Waals surface area (Å²) < 4.78 is 17.9. The molecule has 3 rings (SSSR count). The molecule has 0 aliphatic heterocycles. The topological polar surface area (TPSA) is 63.6 Å². The number of aliphatic hydroxyl groups is 1. The lowest BCUT2D eigenvalue weighted by molar-refractivity contribution is -0.155. The summed E-state index contributed by atoms with van der Waals surface area (Å²) in [5, 5.41) is 10.7. The number of hydrogen-bond acceptors (Lipinski definition) is 4. The lowest BCUT2D eigenvalue weighted by Crippen LogP contribution is -2.44.